The first kappa shape index (κ1) is 13.0. The van der Waals surface area contributed by atoms with Gasteiger partial charge in [0.05, 0.1) is 5.69 Å². The van der Waals surface area contributed by atoms with Gasteiger partial charge < -0.3 is 10.6 Å². The zero-order chi connectivity index (χ0) is 12.1. The summed E-state index contributed by atoms with van der Waals surface area (Å²) < 4.78 is 1.67. The third kappa shape index (κ3) is 3.49. The molecule has 7 heteroatoms. The van der Waals surface area contributed by atoms with Gasteiger partial charge in [-0.15, -0.1) is 0 Å². The Labute approximate surface area is 110 Å². The van der Waals surface area contributed by atoms with Crippen LogP contribution in [0.15, 0.2) is 27.1 Å². The number of benzene rings is 1. The molecule has 5 nitrogen and oxygen atoms in total. The number of hydrogen-bond donors (Lipinski definition) is 5. The lowest BCUT2D eigenvalue weighted by atomic mass is 10.3. The fourth-order valence-corrected chi connectivity index (χ4v) is 2.16. The zero-order valence-electron chi connectivity index (χ0n) is 8.49. The molecule has 0 saturated heterocycles. The normalized spacial score (nSPS) is 9.44. The van der Waals surface area contributed by atoms with E-state index in [4.69, 9.17) is 10.8 Å². The van der Waals surface area contributed by atoms with Crippen LogP contribution in [0, 0.1) is 10.8 Å². The van der Waals surface area contributed by atoms with Crippen molar-refractivity contribution >= 4 is 49.5 Å². The van der Waals surface area contributed by atoms with Gasteiger partial charge in [-0.1, -0.05) is 6.07 Å². The smallest absolute Gasteiger partial charge is 0.199 e. The topological polar surface area (TPSA) is 83.8 Å². The number of halogens is 2. The van der Waals surface area contributed by atoms with E-state index in [1.807, 2.05) is 18.2 Å². The van der Waals surface area contributed by atoms with Gasteiger partial charge >= 0.3 is 0 Å². The molecule has 1 rings (SSSR count). The summed E-state index contributed by atoms with van der Waals surface area (Å²) in [5, 5.41) is 22.9. The van der Waals surface area contributed by atoms with E-state index in [2.05, 4.69) is 47.8 Å². The fraction of sp³-hybridized carbons (Fsp3) is 0.111. The van der Waals surface area contributed by atoms with Crippen molar-refractivity contribution < 1.29 is 0 Å². The van der Waals surface area contributed by atoms with E-state index in [1.54, 1.807) is 7.05 Å². The molecule has 0 fully saturated rings. The van der Waals surface area contributed by atoms with E-state index in [1.165, 1.54) is 0 Å². The minimum absolute atomic E-state index is 0.0203. The predicted octanol–water partition coefficient (Wildman–Crippen LogP) is 2.30. The fourth-order valence-electron chi connectivity index (χ4n) is 0.961. The number of anilines is 1. The van der Waals surface area contributed by atoms with Crippen LogP contribution < -0.4 is 16.0 Å². The Morgan fingerprint density at radius 2 is 1.69 bits per heavy atom. The summed E-state index contributed by atoms with van der Waals surface area (Å²) in [4.78, 5) is 0. The van der Waals surface area contributed by atoms with Gasteiger partial charge in [-0.25, -0.2) is 0 Å². The molecule has 0 atom stereocenters. The molecule has 0 bridgehead atoms. The Morgan fingerprint density at radius 3 is 2.19 bits per heavy atom. The molecule has 16 heavy (non-hydrogen) atoms. The number of hydrogen-bond acceptors (Lipinski definition) is 2. The molecule has 0 saturated carbocycles. The van der Waals surface area contributed by atoms with Gasteiger partial charge in [-0.3, -0.25) is 16.1 Å². The second-order valence-electron chi connectivity index (χ2n) is 2.85. The van der Waals surface area contributed by atoms with Gasteiger partial charge in [0.2, 0.25) is 0 Å². The number of rotatable bonds is 1. The van der Waals surface area contributed by atoms with Crippen molar-refractivity contribution in [1.29, 1.82) is 10.8 Å². The van der Waals surface area contributed by atoms with E-state index in [0.29, 0.717) is 0 Å². The van der Waals surface area contributed by atoms with Crippen molar-refractivity contribution in [3.05, 3.63) is 27.1 Å². The van der Waals surface area contributed by atoms with Crippen molar-refractivity contribution in [3.8, 4) is 0 Å². The van der Waals surface area contributed by atoms with Crippen molar-refractivity contribution in [2.75, 3.05) is 12.4 Å². The average molecular weight is 349 g/mol. The summed E-state index contributed by atoms with van der Waals surface area (Å²) in [7, 11) is 1.61. The first-order valence-corrected chi connectivity index (χ1v) is 5.96. The van der Waals surface area contributed by atoms with Crippen LogP contribution in [0.2, 0.25) is 0 Å². The molecule has 1 aromatic carbocycles. The van der Waals surface area contributed by atoms with Gasteiger partial charge in [-0.05, 0) is 44.0 Å². The average Bonchev–Trinajstić information content (AvgIpc) is 2.23. The third-order valence-electron chi connectivity index (χ3n) is 1.71. The molecule has 0 aliphatic carbocycles. The van der Waals surface area contributed by atoms with Crippen LogP contribution >= 0.6 is 31.9 Å². The summed E-state index contributed by atoms with van der Waals surface area (Å²) >= 11 is 6.75. The van der Waals surface area contributed by atoms with E-state index in [0.717, 1.165) is 14.6 Å². The maximum absolute atomic E-state index is 7.61. The Bertz CT molecular complexity index is 398. The van der Waals surface area contributed by atoms with Crippen molar-refractivity contribution in [2.24, 2.45) is 0 Å². The van der Waals surface area contributed by atoms with Crippen LogP contribution in [0.5, 0.6) is 0 Å². The summed E-state index contributed by atoms with van der Waals surface area (Å²) in [6.07, 6.45) is 0. The van der Waals surface area contributed by atoms with Gasteiger partial charge in [0.15, 0.2) is 11.9 Å². The van der Waals surface area contributed by atoms with E-state index in [9.17, 15) is 0 Å². The number of para-hydroxylation sites is 1. The van der Waals surface area contributed by atoms with Crippen molar-refractivity contribution in [2.45, 2.75) is 0 Å². The second kappa shape index (κ2) is 5.86. The standard InChI is InChI=1S/C9H11Br2N5/c1-14-8(12)16-9(13)15-7-5(10)3-2-4-6(7)11/h2-4H,1H3,(H5,12,13,14,15,16). The molecule has 5 N–H and O–H groups in total. The first-order valence-electron chi connectivity index (χ1n) is 4.37. The van der Waals surface area contributed by atoms with Crippen LogP contribution in [0.4, 0.5) is 5.69 Å². The highest BCUT2D eigenvalue weighted by Crippen LogP contribution is 2.30. The predicted molar refractivity (Wildman–Crippen MR) is 73.1 cm³/mol. The Balaban J connectivity index is 2.73. The van der Waals surface area contributed by atoms with Crippen molar-refractivity contribution in [3.63, 3.8) is 0 Å². The maximum atomic E-state index is 7.61. The highest BCUT2D eigenvalue weighted by molar-refractivity contribution is 9.11. The molecule has 0 amide bonds. The van der Waals surface area contributed by atoms with Crippen LogP contribution in [0.3, 0.4) is 0 Å². The second-order valence-corrected chi connectivity index (χ2v) is 4.56. The summed E-state index contributed by atoms with van der Waals surface area (Å²) in [5.74, 6) is 0.0765. The van der Waals surface area contributed by atoms with Gasteiger partial charge in [0.1, 0.15) is 0 Å². The summed E-state index contributed by atoms with van der Waals surface area (Å²) in [5.41, 5.74) is 0.740. The lowest BCUT2D eigenvalue weighted by Gasteiger charge is -2.13. The number of guanidine groups is 2. The lowest BCUT2D eigenvalue weighted by Crippen LogP contribution is -2.41. The van der Waals surface area contributed by atoms with Gasteiger partial charge in [0, 0.05) is 16.0 Å². The van der Waals surface area contributed by atoms with Crippen LogP contribution in [-0.4, -0.2) is 19.0 Å². The molecular weight excluding hydrogens is 338 g/mol. The van der Waals surface area contributed by atoms with Crippen LogP contribution in [0.25, 0.3) is 0 Å². The lowest BCUT2D eigenvalue weighted by molar-refractivity contribution is 1.05. The van der Waals surface area contributed by atoms with E-state index >= 15 is 0 Å². The van der Waals surface area contributed by atoms with Crippen LogP contribution in [0.1, 0.15) is 0 Å². The molecule has 1 aromatic rings. The minimum atomic E-state index is 0.0203. The summed E-state index contributed by atoms with van der Waals surface area (Å²) in [6, 6.07) is 5.61. The molecule has 0 unspecified atom stereocenters. The molecule has 0 aliphatic rings. The quantitative estimate of drug-likeness (QED) is 0.399. The van der Waals surface area contributed by atoms with Gasteiger partial charge in [0.25, 0.3) is 0 Å². The highest BCUT2D eigenvalue weighted by atomic mass is 79.9. The third-order valence-corrected chi connectivity index (χ3v) is 3.03. The molecule has 0 radical (unpaired) electrons. The van der Waals surface area contributed by atoms with Crippen LogP contribution in [-0.2, 0) is 0 Å². The molecule has 0 heterocycles. The molecule has 86 valence electrons. The summed E-state index contributed by atoms with van der Waals surface area (Å²) in [6.45, 7) is 0. The van der Waals surface area contributed by atoms with Gasteiger partial charge in [-0.2, -0.15) is 0 Å². The Hall–Kier alpha value is -1.08. The number of nitrogens with one attached hydrogen (secondary N) is 5. The molecule has 0 spiro atoms. The van der Waals surface area contributed by atoms with E-state index in [-0.39, 0.29) is 11.9 Å². The highest BCUT2D eigenvalue weighted by Gasteiger charge is 2.06. The molecule has 0 aliphatic heterocycles. The largest absolute Gasteiger partial charge is 0.359 e. The monoisotopic (exact) mass is 347 g/mol. The maximum Gasteiger partial charge on any atom is 0.199 e. The zero-order valence-corrected chi connectivity index (χ0v) is 11.7. The molecule has 0 aromatic heterocycles. The minimum Gasteiger partial charge on any atom is -0.359 e. The van der Waals surface area contributed by atoms with Crippen molar-refractivity contribution in [1.82, 2.24) is 10.6 Å². The molecular formula is C9H11Br2N5. The van der Waals surface area contributed by atoms with E-state index < -0.39 is 0 Å². The Morgan fingerprint density at radius 1 is 1.12 bits per heavy atom. The SMILES string of the molecule is CNC(=N)NC(=N)Nc1c(Br)cccc1Br. The first-order chi connectivity index (χ1) is 7.54. The Kier molecular flexibility index (Phi) is 4.75.